The first-order valence-corrected chi connectivity index (χ1v) is 9.93. The zero-order chi connectivity index (χ0) is 22.4. The number of aliphatic hydroxyl groups excluding tert-OH is 1. The molecule has 30 heavy (non-hydrogen) atoms. The molecule has 2 aromatic carbocycles. The third-order valence-corrected chi connectivity index (χ3v) is 4.21. The summed E-state index contributed by atoms with van der Waals surface area (Å²) in [4.78, 5) is 18.2. The highest BCUT2D eigenvalue weighted by Gasteiger charge is 2.16. The van der Waals surface area contributed by atoms with E-state index < -0.39 is 18.0 Å². The summed E-state index contributed by atoms with van der Waals surface area (Å²) in [5, 5.41) is 28.2. The number of aliphatic hydroxyl groups is 1. The van der Waals surface area contributed by atoms with Gasteiger partial charge in [-0.05, 0) is 31.0 Å². The Bertz CT molecular complexity index is 736. The maximum absolute atomic E-state index is 10.1. The van der Waals surface area contributed by atoms with E-state index in [0.29, 0.717) is 13.2 Å². The molecule has 0 aliphatic rings. The molecular formula is C23H31NO6. The van der Waals surface area contributed by atoms with E-state index in [2.05, 4.69) is 55.6 Å². The molecule has 2 aromatic rings. The molecule has 0 aliphatic heterocycles. The first-order chi connectivity index (χ1) is 14.3. The average Bonchev–Trinajstić information content (AvgIpc) is 2.74. The monoisotopic (exact) mass is 417 g/mol. The summed E-state index contributed by atoms with van der Waals surface area (Å²) in [6.07, 6.45) is 1.63. The molecule has 0 fully saturated rings. The zero-order valence-electron chi connectivity index (χ0n) is 17.5. The number of aliphatic carboxylic acids is 2. The van der Waals surface area contributed by atoms with Crippen molar-refractivity contribution in [1.82, 2.24) is 5.32 Å². The van der Waals surface area contributed by atoms with Crippen molar-refractivity contribution < 1.29 is 29.6 Å². The second-order valence-electron chi connectivity index (χ2n) is 6.86. The van der Waals surface area contributed by atoms with Gasteiger partial charge in [0.05, 0.1) is 12.7 Å². The van der Waals surface area contributed by atoms with Gasteiger partial charge < -0.3 is 25.4 Å². The van der Waals surface area contributed by atoms with Gasteiger partial charge in [0.2, 0.25) is 0 Å². The first-order valence-electron chi connectivity index (χ1n) is 9.93. The zero-order valence-corrected chi connectivity index (χ0v) is 17.5. The van der Waals surface area contributed by atoms with Crippen molar-refractivity contribution in [2.24, 2.45) is 0 Å². The third-order valence-electron chi connectivity index (χ3n) is 4.21. The second-order valence-corrected chi connectivity index (χ2v) is 6.86. The SMILES string of the molecule is CCCCNCC(O)COC(c1ccccc1)c1ccc(C)cc1.O=C(O)C(=O)O. The van der Waals surface area contributed by atoms with E-state index >= 15 is 0 Å². The van der Waals surface area contributed by atoms with Gasteiger partial charge >= 0.3 is 11.9 Å². The van der Waals surface area contributed by atoms with Crippen LogP contribution in [-0.4, -0.2) is 53.1 Å². The summed E-state index contributed by atoms with van der Waals surface area (Å²) in [7, 11) is 0. The number of carboxylic acid groups (broad SMARTS) is 2. The minimum atomic E-state index is -1.82. The van der Waals surface area contributed by atoms with E-state index in [9.17, 15) is 5.11 Å². The van der Waals surface area contributed by atoms with Crippen molar-refractivity contribution in [3.63, 3.8) is 0 Å². The Kier molecular flexibility index (Phi) is 12.0. The summed E-state index contributed by atoms with van der Waals surface area (Å²) in [5.41, 5.74) is 3.44. The first kappa shape index (κ1) is 25.3. The van der Waals surface area contributed by atoms with Gasteiger partial charge in [-0.25, -0.2) is 9.59 Å². The normalized spacial score (nSPS) is 12.4. The van der Waals surface area contributed by atoms with Crippen molar-refractivity contribution in [2.75, 3.05) is 19.7 Å². The van der Waals surface area contributed by atoms with Gasteiger partial charge in [0, 0.05) is 6.54 Å². The van der Waals surface area contributed by atoms with Gasteiger partial charge in [0.15, 0.2) is 0 Å². The summed E-state index contributed by atoms with van der Waals surface area (Å²) in [5.74, 6) is -3.65. The van der Waals surface area contributed by atoms with Crippen LogP contribution in [0.25, 0.3) is 0 Å². The van der Waals surface area contributed by atoms with Crippen LogP contribution in [0.15, 0.2) is 54.6 Å². The molecule has 0 radical (unpaired) electrons. The predicted octanol–water partition coefficient (Wildman–Crippen LogP) is 3.01. The van der Waals surface area contributed by atoms with Gasteiger partial charge in [0.1, 0.15) is 6.10 Å². The molecule has 2 atom stereocenters. The number of ether oxygens (including phenoxy) is 1. The number of hydrogen-bond acceptors (Lipinski definition) is 5. The molecular weight excluding hydrogens is 386 g/mol. The van der Waals surface area contributed by atoms with Crippen LogP contribution in [0.1, 0.15) is 42.6 Å². The molecule has 4 N–H and O–H groups in total. The molecule has 7 heteroatoms. The number of carbonyl (C=O) groups is 2. The van der Waals surface area contributed by atoms with E-state index in [1.807, 2.05) is 18.2 Å². The van der Waals surface area contributed by atoms with Crippen LogP contribution < -0.4 is 5.32 Å². The molecule has 0 bridgehead atoms. The maximum Gasteiger partial charge on any atom is 0.414 e. The van der Waals surface area contributed by atoms with Crippen LogP contribution in [0.2, 0.25) is 0 Å². The molecule has 0 spiro atoms. The lowest BCUT2D eigenvalue weighted by Crippen LogP contribution is -2.31. The standard InChI is InChI=1S/C21H29NO2.C2H2O4/c1-3-4-14-22-15-20(23)16-24-21(18-8-6-5-7-9-18)19-12-10-17(2)11-13-19;3-1(4)2(5)6/h5-13,20-23H,3-4,14-16H2,1-2H3;(H,3,4)(H,5,6). The summed E-state index contributed by atoms with van der Waals surface area (Å²) < 4.78 is 6.08. The average molecular weight is 418 g/mol. The van der Waals surface area contributed by atoms with Crippen LogP contribution in [0.3, 0.4) is 0 Å². The van der Waals surface area contributed by atoms with Crippen LogP contribution in [0, 0.1) is 6.92 Å². The lowest BCUT2D eigenvalue weighted by molar-refractivity contribution is -0.159. The van der Waals surface area contributed by atoms with E-state index in [4.69, 9.17) is 24.5 Å². The van der Waals surface area contributed by atoms with Crippen LogP contribution in [-0.2, 0) is 14.3 Å². The van der Waals surface area contributed by atoms with Crippen molar-refractivity contribution in [2.45, 2.75) is 38.9 Å². The molecule has 164 valence electrons. The van der Waals surface area contributed by atoms with E-state index in [0.717, 1.165) is 30.5 Å². The van der Waals surface area contributed by atoms with Crippen molar-refractivity contribution >= 4 is 11.9 Å². The fourth-order valence-corrected chi connectivity index (χ4v) is 2.59. The second kappa shape index (κ2) is 14.3. The molecule has 0 saturated carbocycles. The Morgan fingerprint density at radius 1 is 0.967 bits per heavy atom. The van der Waals surface area contributed by atoms with Crippen molar-refractivity contribution in [3.8, 4) is 0 Å². The van der Waals surface area contributed by atoms with Crippen LogP contribution in [0.5, 0.6) is 0 Å². The number of carboxylic acids is 2. The van der Waals surface area contributed by atoms with Gasteiger partial charge in [-0.1, -0.05) is 73.5 Å². The van der Waals surface area contributed by atoms with E-state index in [1.165, 1.54) is 5.56 Å². The minimum absolute atomic E-state index is 0.155. The number of benzene rings is 2. The summed E-state index contributed by atoms with van der Waals surface area (Å²) >= 11 is 0. The lowest BCUT2D eigenvalue weighted by Gasteiger charge is -2.21. The van der Waals surface area contributed by atoms with Gasteiger partial charge in [-0.15, -0.1) is 0 Å². The minimum Gasteiger partial charge on any atom is -0.473 e. The molecule has 2 unspecified atom stereocenters. The highest BCUT2D eigenvalue weighted by molar-refractivity contribution is 6.27. The fraction of sp³-hybridized carbons (Fsp3) is 0.391. The number of unbranched alkanes of at least 4 members (excludes halogenated alkanes) is 1. The fourth-order valence-electron chi connectivity index (χ4n) is 2.59. The van der Waals surface area contributed by atoms with Crippen LogP contribution >= 0.6 is 0 Å². The Balaban J connectivity index is 0.000000656. The van der Waals surface area contributed by atoms with E-state index in [1.54, 1.807) is 0 Å². The van der Waals surface area contributed by atoms with Crippen molar-refractivity contribution in [1.29, 1.82) is 0 Å². The molecule has 2 rings (SSSR count). The number of hydrogen-bond donors (Lipinski definition) is 4. The number of rotatable bonds is 10. The number of nitrogens with one attached hydrogen (secondary N) is 1. The quantitative estimate of drug-likeness (QED) is 0.347. The van der Waals surface area contributed by atoms with Gasteiger partial charge in [-0.2, -0.15) is 0 Å². The lowest BCUT2D eigenvalue weighted by atomic mass is 10.0. The topological polar surface area (TPSA) is 116 Å². The van der Waals surface area contributed by atoms with Crippen LogP contribution in [0.4, 0.5) is 0 Å². The molecule has 0 saturated heterocycles. The van der Waals surface area contributed by atoms with E-state index in [-0.39, 0.29) is 6.10 Å². The Morgan fingerprint density at radius 2 is 1.53 bits per heavy atom. The maximum atomic E-state index is 10.1. The Morgan fingerprint density at radius 3 is 2.07 bits per heavy atom. The highest BCUT2D eigenvalue weighted by Crippen LogP contribution is 2.26. The Hall–Kier alpha value is -2.74. The molecule has 0 aliphatic carbocycles. The number of aryl methyl sites for hydroxylation is 1. The van der Waals surface area contributed by atoms with Gasteiger partial charge in [0.25, 0.3) is 0 Å². The molecule has 0 amide bonds. The molecule has 0 heterocycles. The van der Waals surface area contributed by atoms with Gasteiger partial charge in [-0.3, -0.25) is 0 Å². The molecule has 7 nitrogen and oxygen atoms in total. The summed E-state index contributed by atoms with van der Waals surface area (Å²) in [6.45, 7) is 6.05. The predicted molar refractivity (Wildman–Crippen MR) is 114 cm³/mol. The molecule has 0 aromatic heterocycles. The smallest absolute Gasteiger partial charge is 0.414 e. The van der Waals surface area contributed by atoms with Crippen molar-refractivity contribution in [3.05, 3.63) is 71.3 Å². The summed E-state index contributed by atoms with van der Waals surface area (Å²) in [6, 6.07) is 18.5. The third kappa shape index (κ3) is 10.2. The Labute approximate surface area is 177 Å². The largest absolute Gasteiger partial charge is 0.473 e. The highest BCUT2D eigenvalue weighted by atomic mass is 16.5.